The van der Waals surface area contributed by atoms with Crippen LogP contribution in [0.1, 0.15) is 6.92 Å². The number of hydrogen-bond acceptors (Lipinski definition) is 3. The van der Waals surface area contributed by atoms with Gasteiger partial charge in [0.2, 0.25) is 0 Å². The molecule has 112 valence electrons. The first-order valence-corrected chi connectivity index (χ1v) is 7.23. The van der Waals surface area contributed by atoms with E-state index in [4.69, 9.17) is 10.5 Å². The molecule has 0 unspecified atom stereocenters. The van der Waals surface area contributed by atoms with Gasteiger partial charge in [-0.1, -0.05) is 30.3 Å². The van der Waals surface area contributed by atoms with Crippen LogP contribution in [0.5, 0.6) is 0 Å². The summed E-state index contributed by atoms with van der Waals surface area (Å²) in [5.41, 5.74) is 9.92. The molecule has 0 saturated heterocycles. The van der Waals surface area contributed by atoms with Gasteiger partial charge in [0.05, 0.1) is 6.54 Å². The smallest absolute Gasteiger partial charge is 0.302 e. The number of carbonyl (C=O) groups is 1. The quantitative estimate of drug-likeness (QED) is 0.592. The average Bonchev–Trinajstić information content (AvgIpc) is 2.86. The molecule has 0 atom stereocenters. The summed E-state index contributed by atoms with van der Waals surface area (Å²) >= 11 is 0. The third-order valence-electron chi connectivity index (χ3n) is 3.62. The Balaban J connectivity index is 2.07. The van der Waals surface area contributed by atoms with E-state index in [0.29, 0.717) is 13.2 Å². The maximum Gasteiger partial charge on any atom is 0.302 e. The van der Waals surface area contributed by atoms with Crippen LogP contribution in [0.2, 0.25) is 0 Å². The minimum absolute atomic E-state index is 0.262. The van der Waals surface area contributed by atoms with Crippen LogP contribution in [0.4, 0.5) is 5.69 Å². The predicted octanol–water partition coefficient (Wildman–Crippen LogP) is 3.45. The Morgan fingerprint density at radius 1 is 1.14 bits per heavy atom. The first-order chi connectivity index (χ1) is 10.6. The Hall–Kier alpha value is -2.75. The SMILES string of the molecule is CC(=O)OCCn1c(-c2ccccc2)cc2cc(N)ccc21. The Bertz CT molecular complexity index is 807. The van der Waals surface area contributed by atoms with Crippen molar-refractivity contribution in [3.63, 3.8) is 0 Å². The maximum absolute atomic E-state index is 11.0. The third-order valence-corrected chi connectivity index (χ3v) is 3.62. The van der Waals surface area contributed by atoms with Gasteiger partial charge in [-0.3, -0.25) is 4.79 Å². The number of benzene rings is 2. The summed E-state index contributed by atoms with van der Waals surface area (Å²) in [6, 6.07) is 18.1. The molecule has 0 saturated carbocycles. The fourth-order valence-corrected chi connectivity index (χ4v) is 2.66. The first kappa shape index (κ1) is 14.2. The highest BCUT2D eigenvalue weighted by Gasteiger charge is 2.11. The summed E-state index contributed by atoms with van der Waals surface area (Å²) in [5.74, 6) is -0.262. The van der Waals surface area contributed by atoms with Crippen molar-refractivity contribution in [3.05, 3.63) is 54.6 Å². The molecular weight excluding hydrogens is 276 g/mol. The first-order valence-electron chi connectivity index (χ1n) is 7.23. The highest BCUT2D eigenvalue weighted by atomic mass is 16.5. The summed E-state index contributed by atoms with van der Waals surface area (Å²) in [5, 5.41) is 1.08. The molecule has 0 bridgehead atoms. The zero-order chi connectivity index (χ0) is 15.5. The number of ether oxygens (including phenoxy) is 1. The molecule has 0 aliphatic rings. The minimum atomic E-state index is -0.262. The minimum Gasteiger partial charge on any atom is -0.464 e. The van der Waals surface area contributed by atoms with E-state index in [1.807, 2.05) is 36.4 Å². The largest absolute Gasteiger partial charge is 0.464 e. The van der Waals surface area contributed by atoms with Crippen LogP contribution >= 0.6 is 0 Å². The third kappa shape index (κ3) is 2.81. The maximum atomic E-state index is 11.0. The fraction of sp³-hybridized carbons (Fsp3) is 0.167. The molecule has 1 aromatic heterocycles. The average molecular weight is 294 g/mol. The molecule has 3 rings (SSSR count). The van der Waals surface area contributed by atoms with Gasteiger partial charge in [0, 0.05) is 29.2 Å². The Kier molecular flexibility index (Phi) is 3.83. The number of esters is 1. The second-order valence-electron chi connectivity index (χ2n) is 5.21. The lowest BCUT2D eigenvalue weighted by Crippen LogP contribution is -2.09. The highest BCUT2D eigenvalue weighted by molar-refractivity contribution is 5.89. The number of rotatable bonds is 4. The van der Waals surface area contributed by atoms with Crippen LogP contribution in [0.15, 0.2) is 54.6 Å². The van der Waals surface area contributed by atoms with Crippen molar-refractivity contribution in [2.45, 2.75) is 13.5 Å². The summed E-state index contributed by atoms with van der Waals surface area (Å²) in [6.45, 7) is 2.38. The molecule has 22 heavy (non-hydrogen) atoms. The normalized spacial score (nSPS) is 10.8. The van der Waals surface area contributed by atoms with E-state index in [9.17, 15) is 4.79 Å². The van der Waals surface area contributed by atoms with Gasteiger partial charge in [-0.05, 0) is 29.8 Å². The molecule has 0 spiro atoms. The fourth-order valence-electron chi connectivity index (χ4n) is 2.66. The van der Waals surface area contributed by atoms with E-state index >= 15 is 0 Å². The van der Waals surface area contributed by atoms with Gasteiger partial charge >= 0.3 is 5.97 Å². The van der Waals surface area contributed by atoms with Crippen LogP contribution in [0.3, 0.4) is 0 Å². The van der Waals surface area contributed by atoms with Crippen LogP contribution in [0, 0.1) is 0 Å². The molecule has 0 radical (unpaired) electrons. The van der Waals surface area contributed by atoms with Crippen molar-refractivity contribution in [1.82, 2.24) is 4.57 Å². The van der Waals surface area contributed by atoms with Crippen molar-refractivity contribution < 1.29 is 9.53 Å². The predicted molar refractivity (Wildman–Crippen MR) is 88.4 cm³/mol. The topological polar surface area (TPSA) is 57.2 Å². The van der Waals surface area contributed by atoms with Crippen molar-refractivity contribution >= 4 is 22.6 Å². The van der Waals surface area contributed by atoms with Crippen LogP contribution in [0.25, 0.3) is 22.2 Å². The number of carbonyl (C=O) groups excluding carboxylic acids is 1. The van der Waals surface area contributed by atoms with Crippen LogP contribution in [-0.2, 0) is 16.1 Å². The van der Waals surface area contributed by atoms with Crippen LogP contribution < -0.4 is 5.73 Å². The van der Waals surface area contributed by atoms with Gasteiger partial charge in [0.1, 0.15) is 6.61 Å². The van der Waals surface area contributed by atoms with Crippen molar-refractivity contribution in [2.24, 2.45) is 0 Å². The number of anilines is 1. The van der Waals surface area contributed by atoms with Crippen molar-refractivity contribution in [1.29, 1.82) is 0 Å². The Labute approximate surface area is 129 Å². The van der Waals surface area contributed by atoms with Crippen molar-refractivity contribution in [2.75, 3.05) is 12.3 Å². The number of fused-ring (bicyclic) bond motifs is 1. The standard InChI is InChI=1S/C18H18N2O2/c1-13(21)22-10-9-20-17-8-7-16(19)11-15(17)12-18(20)14-5-3-2-4-6-14/h2-8,11-12H,9-10,19H2,1H3. The molecule has 2 aromatic carbocycles. The van der Waals surface area contributed by atoms with Gasteiger partial charge in [0.25, 0.3) is 0 Å². The Morgan fingerprint density at radius 3 is 2.64 bits per heavy atom. The van der Waals surface area contributed by atoms with E-state index in [1.54, 1.807) is 0 Å². The van der Waals surface area contributed by atoms with E-state index in [-0.39, 0.29) is 5.97 Å². The number of nitrogens with two attached hydrogens (primary N) is 1. The molecule has 1 heterocycles. The summed E-state index contributed by atoms with van der Waals surface area (Å²) in [4.78, 5) is 11.0. The van der Waals surface area contributed by atoms with Gasteiger partial charge in [0.15, 0.2) is 0 Å². The monoisotopic (exact) mass is 294 g/mol. The summed E-state index contributed by atoms with van der Waals surface area (Å²) in [6.07, 6.45) is 0. The molecule has 0 amide bonds. The molecule has 0 aliphatic heterocycles. The van der Waals surface area contributed by atoms with E-state index in [0.717, 1.165) is 27.8 Å². The molecular formula is C18H18N2O2. The zero-order valence-corrected chi connectivity index (χ0v) is 12.5. The lowest BCUT2D eigenvalue weighted by Gasteiger charge is -2.11. The molecule has 3 aromatic rings. The second kappa shape index (κ2) is 5.93. The van der Waals surface area contributed by atoms with Gasteiger partial charge in [-0.15, -0.1) is 0 Å². The van der Waals surface area contributed by atoms with Gasteiger partial charge in [-0.25, -0.2) is 0 Å². The molecule has 0 aliphatic carbocycles. The lowest BCUT2D eigenvalue weighted by atomic mass is 10.1. The summed E-state index contributed by atoms with van der Waals surface area (Å²) in [7, 11) is 0. The van der Waals surface area contributed by atoms with Crippen LogP contribution in [-0.4, -0.2) is 17.1 Å². The second-order valence-corrected chi connectivity index (χ2v) is 5.21. The lowest BCUT2D eigenvalue weighted by molar-refractivity contribution is -0.141. The molecule has 4 nitrogen and oxygen atoms in total. The summed E-state index contributed by atoms with van der Waals surface area (Å²) < 4.78 is 7.25. The zero-order valence-electron chi connectivity index (χ0n) is 12.5. The molecule has 2 N–H and O–H groups in total. The number of nitrogens with zero attached hydrogens (tertiary/aromatic N) is 1. The molecule has 4 heteroatoms. The van der Waals surface area contributed by atoms with Crippen molar-refractivity contribution in [3.8, 4) is 11.3 Å². The number of aromatic nitrogens is 1. The van der Waals surface area contributed by atoms with E-state index in [2.05, 4.69) is 22.8 Å². The van der Waals surface area contributed by atoms with Gasteiger partial charge in [-0.2, -0.15) is 0 Å². The Morgan fingerprint density at radius 2 is 1.91 bits per heavy atom. The number of hydrogen-bond donors (Lipinski definition) is 1. The van der Waals surface area contributed by atoms with E-state index in [1.165, 1.54) is 6.92 Å². The highest BCUT2D eigenvalue weighted by Crippen LogP contribution is 2.29. The number of nitrogen functional groups attached to an aromatic ring is 1. The molecule has 0 fully saturated rings. The van der Waals surface area contributed by atoms with E-state index < -0.39 is 0 Å². The van der Waals surface area contributed by atoms with Gasteiger partial charge < -0.3 is 15.0 Å².